The van der Waals surface area contributed by atoms with Crippen LogP contribution in [-0.4, -0.2) is 29.1 Å². The minimum absolute atomic E-state index is 0.179. The fourth-order valence-electron chi connectivity index (χ4n) is 0.810. The van der Waals surface area contributed by atoms with Gasteiger partial charge in [0, 0.05) is 19.3 Å². The van der Waals surface area contributed by atoms with Crippen LogP contribution in [0, 0.1) is 0 Å². The lowest BCUT2D eigenvalue weighted by atomic mass is 10.5. The van der Waals surface area contributed by atoms with E-state index in [1.165, 1.54) is 0 Å². The zero-order valence-corrected chi connectivity index (χ0v) is 8.08. The lowest BCUT2D eigenvalue weighted by Gasteiger charge is -2.04. The summed E-state index contributed by atoms with van der Waals surface area (Å²) in [5.74, 6) is 0.608. The highest BCUT2D eigenvalue weighted by molar-refractivity contribution is 6.28. The molecule has 4 N–H and O–H groups in total. The van der Waals surface area contributed by atoms with Crippen LogP contribution in [0.15, 0.2) is 12.3 Å². The van der Waals surface area contributed by atoms with E-state index in [9.17, 15) is 4.79 Å². The number of carbonyl (C=O) groups is 1. The van der Waals surface area contributed by atoms with Crippen LogP contribution in [-0.2, 0) is 0 Å². The van der Waals surface area contributed by atoms with Crippen molar-refractivity contribution in [1.29, 1.82) is 0 Å². The predicted octanol–water partition coefficient (Wildman–Crippen LogP) is 0.210. The van der Waals surface area contributed by atoms with E-state index in [1.807, 2.05) is 0 Å². The number of primary amides is 1. The number of nitrogens with two attached hydrogens (primary N) is 1. The van der Waals surface area contributed by atoms with Crippen molar-refractivity contribution in [3.63, 3.8) is 0 Å². The van der Waals surface area contributed by atoms with Gasteiger partial charge in [-0.2, -0.15) is 0 Å². The fraction of sp³-hybridized carbons (Fsp3) is 0.286. The Bertz CT molecular complexity index is 319. The molecule has 0 bridgehead atoms. The van der Waals surface area contributed by atoms with Gasteiger partial charge in [-0.1, -0.05) is 0 Å². The minimum atomic E-state index is -0.549. The largest absolute Gasteiger partial charge is 0.368 e. The first-order valence-corrected chi connectivity index (χ1v) is 4.32. The molecule has 76 valence electrons. The van der Waals surface area contributed by atoms with Crippen molar-refractivity contribution in [2.45, 2.75) is 0 Å². The van der Waals surface area contributed by atoms with E-state index < -0.39 is 6.03 Å². The van der Waals surface area contributed by atoms with Crippen LogP contribution in [0.3, 0.4) is 0 Å². The summed E-state index contributed by atoms with van der Waals surface area (Å²) in [6.45, 7) is 0.952. The summed E-state index contributed by atoms with van der Waals surface area (Å²) >= 11 is 5.56. The molecule has 0 spiro atoms. The van der Waals surface area contributed by atoms with Crippen molar-refractivity contribution in [3.8, 4) is 0 Å². The van der Waals surface area contributed by atoms with Crippen molar-refractivity contribution in [2.75, 3.05) is 18.4 Å². The molecule has 1 aromatic rings. The average Bonchev–Trinajstić information content (AvgIpc) is 2.12. The number of hydrogen-bond acceptors (Lipinski definition) is 4. The zero-order valence-electron chi connectivity index (χ0n) is 7.33. The molecular weight excluding hydrogens is 206 g/mol. The number of aromatic nitrogens is 2. The molecule has 14 heavy (non-hydrogen) atoms. The smallest absolute Gasteiger partial charge is 0.312 e. The van der Waals surface area contributed by atoms with Crippen molar-refractivity contribution in [3.05, 3.63) is 17.5 Å². The number of anilines is 1. The number of nitrogens with zero attached hydrogens (tertiary/aromatic N) is 2. The van der Waals surface area contributed by atoms with Gasteiger partial charge in [-0.05, 0) is 17.7 Å². The molecule has 0 radical (unpaired) electrons. The quantitative estimate of drug-likeness (QED) is 0.495. The number of amides is 2. The van der Waals surface area contributed by atoms with Gasteiger partial charge in [0.25, 0.3) is 0 Å². The molecule has 2 amide bonds. The highest BCUT2D eigenvalue weighted by Crippen LogP contribution is 2.04. The van der Waals surface area contributed by atoms with E-state index in [2.05, 4.69) is 20.6 Å². The van der Waals surface area contributed by atoms with Crippen LogP contribution in [0.1, 0.15) is 0 Å². The first-order valence-electron chi connectivity index (χ1n) is 3.94. The molecular formula is C7H10ClN5O. The summed E-state index contributed by atoms with van der Waals surface area (Å²) in [6.07, 6.45) is 1.54. The van der Waals surface area contributed by atoms with Crippen LogP contribution in [0.25, 0.3) is 0 Å². The molecule has 7 heteroatoms. The summed E-state index contributed by atoms with van der Waals surface area (Å²) in [7, 11) is 0. The molecule has 1 rings (SSSR count). The summed E-state index contributed by atoms with van der Waals surface area (Å²) < 4.78 is 0. The number of halogens is 1. The lowest BCUT2D eigenvalue weighted by molar-refractivity contribution is 0.249. The summed E-state index contributed by atoms with van der Waals surface area (Å²) in [5, 5.41) is 5.54. The van der Waals surface area contributed by atoms with Gasteiger partial charge >= 0.3 is 6.03 Å². The Morgan fingerprint density at radius 1 is 1.57 bits per heavy atom. The molecule has 6 nitrogen and oxygen atoms in total. The standard InChI is InChI=1S/C7H10ClN5O/c8-6-11-2-1-5(13-6)10-3-4-12-7(9)14/h1-2H,3-4H2,(H3,9,12,14)(H,10,11,13). The normalized spacial score (nSPS) is 9.50. The molecule has 0 aliphatic carbocycles. The predicted molar refractivity (Wildman–Crippen MR) is 53.1 cm³/mol. The fourth-order valence-corrected chi connectivity index (χ4v) is 0.957. The molecule has 0 atom stereocenters. The number of nitrogens with one attached hydrogen (secondary N) is 2. The first kappa shape index (κ1) is 10.5. The monoisotopic (exact) mass is 215 g/mol. The van der Waals surface area contributed by atoms with Crippen LogP contribution >= 0.6 is 11.6 Å². The molecule has 0 aliphatic rings. The number of hydrogen-bond donors (Lipinski definition) is 3. The molecule has 1 heterocycles. The van der Waals surface area contributed by atoms with E-state index in [4.69, 9.17) is 17.3 Å². The summed E-state index contributed by atoms with van der Waals surface area (Å²) in [5.41, 5.74) is 4.87. The van der Waals surface area contributed by atoms with Gasteiger partial charge in [0.15, 0.2) is 0 Å². The highest BCUT2D eigenvalue weighted by atomic mass is 35.5. The van der Waals surface area contributed by atoms with Crippen molar-refractivity contribution < 1.29 is 4.79 Å². The van der Waals surface area contributed by atoms with Gasteiger partial charge in [-0.3, -0.25) is 0 Å². The average molecular weight is 216 g/mol. The van der Waals surface area contributed by atoms with E-state index in [0.29, 0.717) is 18.9 Å². The number of rotatable bonds is 4. The van der Waals surface area contributed by atoms with E-state index in [-0.39, 0.29) is 5.28 Å². The SMILES string of the molecule is NC(=O)NCCNc1ccnc(Cl)n1. The molecule has 0 fully saturated rings. The maximum atomic E-state index is 10.3. The third-order valence-electron chi connectivity index (χ3n) is 1.36. The maximum absolute atomic E-state index is 10.3. The lowest BCUT2D eigenvalue weighted by Crippen LogP contribution is -2.33. The molecule has 0 unspecified atom stereocenters. The maximum Gasteiger partial charge on any atom is 0.312 e. The van der Waals surface area contributed by atoms with E-state index in [0.717, 1.165) is 0 Å². The second-order valence-electron chi connectivity index (χ2n) is 2.43. The Labute approximate surface area is 85.9 Å². The second-order valence-corrected chi connectivity index (χ2v) is 2.77. The number of urea groups is 1. The molecule has 0 aliphatic heterocycles. The Balaban J connectivity index is 2.28. The van der Waals surface area contributed by atoms with Crippen LogP contribution in [0.5, 0.6) is 0 Å². The molecule has 1 aromatic heterocycles. The van der Waals surface area contributed by atoms with Gasteiger partial charge in [-0.25, -0.2) is 14.8 Å². The zero-order chi connectivity index (χ0) is 10.4. The third kappa shape index (κ3) is 3.90. The van der Waals surface area contributed by atoms with E-state index in [1.54, 1.807) is 12.3 Å². The summed E-state index contributed by atoms with van der Waals surface area (Å²) in [6, 6.07) is 1.13. The van der Waals surface area contributed by atoms with Gasteiger partial charge in [0.05, 0.1) is 0 Å². The Hall–Kier alpha value is -1.56. The Morgan fingerprint density at radius 2 is 2.36 bits per heavy atom. The van der Waals surface area contributed by atoms with Gasteiger partial charge < -0.3 is 16.4 Å². The molecule has 0 aromatic carbocycles. The van der Waals surface area contributed by atoms with Gasteiger partial charge in [-0.15, -0.1) is 0 Å². The molecule has 0 saturated carbocycles. The van der Waals surface area contributed by atoms with E-state index >= 15 is 0 Å². The first-order chi connectivity index (χ1) is 6.68. The second kappa shape index (κ2) is 5.23. The van der Waals surface area contributed by atoms with Crippen LogP contribution in [0.2, 0.25) is 5.28 Å². The van der Waals surface area contributed by atoms with Crippen molar-refractivity contribution in [2.24, 2.45) is 5.73 Å². The van der Waals surface area contributed by atoms with Gasteiger partial charge in [0.1, 0.15) is 5.82 Å². The summed E-state index contributed by atoms with van der Waals surface area (Å²) in [4.78, 5) is 17.9. The molecule has 0 saturated heterocycles. The Morgan fingerprint density at radius 3 is 3.00 bits per heavy atom. The third-order valence-corrected chi connectivity index (χ3v) is 1.54. The Kier molecular flexibility index (Phi) is 3.93. The van der Waals surface area contributed by atoms with Crippen molar-refractivity contribution in [1.82, 2.24) is 15.3 Å². The topological polar surface area (TPSA) is 92.9 Å². The van der Waals surface area contributed by atoms with Crippen LogP contribution < -0.4 is 16.4 Å². The number of carbonyl (C=O) groups excluding carboxylic acids is 1. The highest BCUT2D eigenvalue weighted by Gasteiger charge is 1.95. The van der Waals surface area contributed by atoms with Gasteiger partial charge in [0.2, 0.25) is 5.28 Å². The van der Waals surface area contributed by atoms with Crippen LogP contribution in [0.4, 0.5) is 10.6 Å². The minimum Gasteiger partial charge on any atom is -0.368 e. The van der Waals surface area contributed by atoms with Crippen molar-refractivity contribution >= 4 is 23.4 Å².